The molecule has 0 aliphatic carbocycles. The molecule has 1 aromatic heterocycles. The lowest BCUT2D eigenvalue weighted by Gasteiger charge is -2.16. The van der Waals surface area contributed by atoms with Gasteiger partial charge < -0.3 is 15.0 Å². The molecular weight excluding hydrogens is 312 g/mol. The second kappa shape index (κ2) is 8.50. The minimum atomic E-state index is 0.601. The van der Waals surface area contributed by atoms with Gasteiger partial charge in [-0.1, -0.05) is 12.1 Å². The second-order valence-corrected chi connectivity index (χ2v) is 6.45. The lowest BCUT2D eigenvalue weighted by Crippen LogP contribution is -2.25. The van der Waals surface area contributed by atoms with Gasteiger partial charge in [-0.3, -0.25) is 0 Å². The van der Waals surface area contributed by atoms with Gasteiger partial charge in [0.1, 0.15) is 17.6 Å². The maximum atomic E-state index is 9.12. The van der Waals surface area contributed by atoms with Crippen LogP contribution in [-0.4, -0.2) is 43.2 Å². The van der Waals surface area contributed by atoms with E-state index in [2.05, 4.69) is 33.4 Å². The van der Waals surface area contributed by atoms with Crippen molar-refractivity contribution in [2.75, 3.05) is 38.6 Å². The average molecular weight is 336 g/mol. The summed E-state index contributed by atoms with van der Waals surface area (Å²) >= 11 is 0. The van der Waals surface area contributed by atoms with Gasteiger partial charge in [0.15, 0.2) is 0 Å². The molecule has 1 aliphatic heterocycles. The van der Waals surface area contributed by atoms with Crippen LogP contribution in [0.15, 0.2) is 42.6 Å². The summed E-state index contributed by atoms with van der Waals surface area (Å²) in [6, 6.07) is 14.1. The molecular formula is C20H24N4O. The number of ether oxygens (including phenoxy) is 1. The van der Waals surface area contributed by atoms with Crippen LogP contribution in [0.25, 0.3) is 0 Å². The second-order valence-electron chi connectivity index (χ2n) is 6.45. The zero-order valence-electron chi connectivity index (χ0n) is 14.6. The van der Waals surface area contributed by atoms with Crippen LogP contribution in [0.5, 0.6) is 5.75 Å². The molecule has 25 heavy (non-hydrogen) atoms. The van der Waals surface area contributed by atoms with Gasteiger partial charge in [0.2, 0.25) is 0 Å². The van der Waals surface area contributed by atoms with E-state index in [1.807, 2.05) is 12.1 Å². The van der Waals surface area contributed by atoms with Gasteiger partial charge in [-0.25, -0.2) is 4.98 Å². The van der Waals surface area contributed by atoms with E-state index in [1.54, 1.807) is 25.4 Å². The van der Waals surface area contributed by atoms with Gasteiger partial charge in [0, 0.05) is 25.8 Å². The molecule has 2 aromatic rings. The van der Waals surface area contributed by atoms with Crippen molar-refractivity contribution < 1.29 is 4.74 Å². The summed E-state index contributed by atoms with van der Waals surface area (Å²) in [6.07, 6.45) is 3.96. The number of hydrogen-bond donors (Lipinski definition) is 1. The van der Waals surface area contributed by atoms with Crippen LogP contribution in [0.4, 0.5) is 5.82 Å². The zero-order valence-corrected chi connectivity index (χ0v) is 14.6. The highest BCUT2D eigenvalue weighted by Crippen LogP contribution is 2.19. The Kier molecular flexibility index (Phi) is 5.86. The van der Waals surface area contributed by atoms with Gasteiger partial charge in [-0.05, 0) is 55.1 Å². The Morgan fingerprint density at radius 1 is 1.32 bits per heavy atom. The molecule has 1 fully saturated rings. The Bertz CT molecular complexity index is 723. The number of aromatic nitrogens is 1. The average Bonchev–Trinajstić information content (AvgIpc) is 3.13. The Morgan fingerprint density at radius 3 is 2.92 bits per heavy atom. The lowest BCUT2D eigenvalue weighted by molar-refractivity contribution is 0.330. The van der Waals surface area contributed by atoms with Crippen LogP contribution in [0.2, 0.25) is 0 Å². The summed E-state index contributed by atoms with van der Waals surface area (Å²) in [5.41, 5.74) is 1.95. The minimum Gasteiger partial charge on any atom is -0.497 e. The van der Waals surface area contributed by atoms with Crippen molar-refractivity contribution in [3.63, 3.8) is 0 Å². The molecule has 130 valence electrons. The first-order valence-corrected chi connectivity index (χ1v) is 8.73. The first-order valence-electron chi connectivity index (χ1n) is 8.73. The Hall–Kier alpha value is -2.58. The first-order chi connectivity index (χ1) is 12.3. The van der Waals surface area contributed by atoms with Crippen molar-refractivity contribution in [2.45, 2.75) is 12.8 Å². The van der Waals surface area contributed by atoms with E-state index in [-0.39, 0.29) is 0 Å². The largest absolute Gasteiger partial charge is 0.497 e. The summed E-state index contributed by atoms with van der Waals surface area (Å²) < 4.78 is 5.20. The number of methoxy groups -OCH3 is 1. The third kappa shape index (κ3) is 4.71. The molecule has 5 heteroatoms. The first kappa shape index (κ1) is 17.2. The summed E-state index contributed by atoms with van der Waals surface area (Å²) in [5.74, 6) is 2.20. The molecule has 0 radical (unpaired) electrons. The van der Waals surface area contributed by atoms with E-state index in [0.29, 0.717) is 17.3 Å². The fourth-order valence-electron chi connectivity index (χ4n) is 3.24. The number of nitrogens with zero attached hydrogens (tertiary/aromatic N) is 3. The molecule has 1 saturated heterocycles. The van der Waals surface area contributed by atoms with Crippen LogP contribution in [0, 0.1) is 17.2 Å². The summed E-state index contributed by atoms with van der Waals surface area (Å²) in [7, 11) is 1.69. The van der Waals surface area contributed by atoms with E-state index in [9.17, 15) is 0 Å². The SMILES string of the molecule is COc1ccc(CCN2CCC(CNc3ncccc3C#N)C2)cc1. The van der Waals surface area contributed by atoms with Crippen molar-refractivity contribution in [3.8, 4) is 11.8 Å². The molecule has 2 heterocycles. The van der Waals surface area contributed by atoms with E-state index >= 15 is 0 Å². The topological polar surface area (TPSA) is 61.2 Å². The summed E-state index contributed by atoms with van der Waals surface area (Å²) in [5, 5.41) is 12.5. The van der Waals surface area contributed by atoms with Crippen LogP contribution in [0.1, 0.15) is 17.5 Å². The van der Waals surface area contributed by atoms with Crippen LogP contribution < -0.4 is 10.1 Å². The molecule has 1 aromatic carbocycles. The van der Waals surface area contributed by atoms with Crippen molar-refractivity contribution in [2.24, 2.45) is 5.92 Å². The van der Waals surface area contributed by atoms with E-state index in [0.717, 1.165) is 38.3 Å². The zero-order chi connectivity index (χ0) is 17.5. The van der Waals surface area contributed by atoms with Crippen LogP contribution >= 0.6 is 0 Å². The molecule has 0 saturated carbocycles. The molecule has 5 nitrogen and oxygen atoms in total. The van der Waals surface area contributed by atoms with Gasteiger partial charge in [-0.2, -0.15) is 5.26 Å². The number of likely N-dealkylation sites (tertiary alicyclic amines) is 1. The van der Waals surface area contributed by atoms with Crippen molar-refractivity contribution in [3.05, 3.63) is 53.7 Å². The van der Waals surface area contributed by atoms with Gasteiger partial charge in [0.05, 0.1) is 12.7 Å². The maximum Gasteiger partial charge on any atom is 0.143 e. The predicted octanol–water partition coefficient (Wildman–Crippen LogP) is 2.94. The van der Waals surface area contributed by atoms with Crippen molar-refractivity contribution in [1.82, 2.24) is 9.88 Å². The van der Waals surface area contributed by atoms with Crippen LogP contribution in [0.3, 0.4) is 0 Å². The highest BCUT2D eigenvalue weighted by molar-refractivity contribution is 5.51. The molecule has 1 aliphatic rings. The molecule has 3 rings (SSSR count). The van der Waals surface area contributed by atoms with Gasteiger partial charge in [-0.15, -0.1) is 0 Å². The highest BCUT2D eigenvalue weighted by Gasteiger charge is 2.22. The molecule has 0 bridgehead atoms. The third-order valence-electron chi connectivity index (χ3n) is 4.73. The Labute approximate surface area is 149 Å². The summed E-state index contributed by atoms with van der Waals surface area (Å²) in [4.78, 5) is 6.78. The smallest absolute Gasteiger partial charge is 0.143 e. The van der Waals surface area contributed by atoms with Crippen molar-refractivity contribution in [1.29, 1.82) is 5.26 Å². The third-order valence-corrected chi connectivity index (χ3v) is 4.73. The molecule has 0 amide bonds. The molecule has 1 unspecified atom stereocenters. The normalized spacial score (nSPS) is 17.2. The number of benzene rings is 1. The predicted molar refractivity (Wildman–Crippen MR) is 98.7 cm³/mol. The number of nitrogens with one attached hydrogen (secondary N) is 1. The number of hydrogen-bond acceptors (Lipinski definition) is 5. The quantitative estimate of drug-likeness (QED) is 0.842. The lowest BCUT2D eigenvalue weighted by atomic mass is 10.1. The molecule has 1 N–H and O–H groups in total. The van der Waals surface area contributed by atoms with Gasteiger partial charge >= 0.3 is 0 Å². The monoisotopic (exact) mass is 336 g/mol. The minimum absolute atomic E-state index is 0.601. The Balaban J connectivity index is 1.43. The number of rotatable bonds is 7. The number of pyridine rings is 1. The van der Waals surface area contributed by atoms with Crippen molar-refractivity contribution >= 4 is 5.82 Å². The van der Waals surface area contributed by atoms with E-state index < -0.39 is 0 Å². The standard InChI is InChI=1S/C20H24N4O/c1-25-19-6-4-16(5-7-19)8-11-24-12-9-17(15-24)14-23-20-18(13-21)3-2-10-22-20/h2-7,10,17H,8-9,11-12,14-15H2,1H3,(H,22,23). The number of nitriles is 1. The number of anilines is 1. The van der Waals surface area contributed by atoms with E-state index in [4.69, 9.17) is 10.00 Å². The van der Waals surface area contributed by atoms with Crippen LogP contribution in [-0.2, 0) is 6.42 Å². The highest BCUT2D eigenvalue weighted by atomic mass is 16.5. The fraction of sp³-hybridized carbons (Fsp3) is 0.400. The maximum absolute atomic E-state index is 9.12. The summed E-state index contributed by atoms with van der Waals surface area (Å²) in [6.45, 7) is 4.17. The molecule has 1 atom stereocenters. The van der Waals surface area contributed by atoms with E-state index in [1.165, 1.54) is 12.0 Å². The Morgan fingerprint density at radius 2 is 2.16 bits per heavy atom. The van der Waals surface area contributed by atoms with Gasteiger partial charge in [0.25, 0.3) is 0 Å². The fourth-order valence-corrected chi connectivity index (χ4v) is 3.24. The molecule has 0 spiro atoms.